The predicted octanol–water partition coefficient (Wildman–Crippen LogP) is 2.84. The molecule has 0 fully saturated rings. The molecule has 1 rings (SSSR count). The maximum absolute atomic E-state index is 11.0. The molecule has 5 heteroatoms. The van der Waals surface area contributed by atoms with Crippen molar-refractivity contribution in [3.05, 3.63) is 34.9 Å². The zero-order valence-electron chi connectivity index (χ0n) is 7.57. The molecule has 1 aromatic rings. The minimum atomic E-state index is -3.48. The van der Waals surface area contributed by atoms with Crippen LogP contribution >= 0.6 is 22.3 Å². The molecule has 0 saturated heterocycles. The quantitative estimate of drug-likeness (QED) is 0.776. The van der Waals surface area contributed by atoms with Gasteiger partial charge in [0.05, 0.1) is 5.25 Å². The lowest BCUT2D eigenvalue weighted by molar-refractivity contribution is 0.597. The van der Waals surface area contributed by atoms with Gasteiger partial charge in [-0.2, -0.15) is 0 Å². The van der Waals surface area contributed by atoms with Gasteiger partial charge in [0.1, 0.15) is 0 Å². The van der Waals surface area contributed by atoms with Crippen molar-refractivity contribution in [2.75, 3.05) is 0 Å². The predicted molar refractivity (Wildman–Crippen MR) is 59.4 cm³/mol. The van der Waals surface area contributed by atoms with Crippen LogP contribution in [0.15, 0.2) is 24.3 Å². The summed E-state index contributed by atoms with van der Waals surface area (Å²) >= 11 is 5.76. The summed E-state index contributed by atoms with van der Waals surface area (Å²) < 4.78 is 21.9. The molecule has 0 aliphatic carbocycles. The van der Waals surface area contributed by atoms with Crippen LogP contribution in [0.4, 0.5) is 0 Å². The highest BCUT2D eigenvalue weighted by atomic mass is 35.7. The van der Waals surface area contributed by atoms with E-state index in [-0.39, 0.29) is 0 Å². The van der Waals surface area contributed by atoms with Crippen LogP contribution in [-0.4, -0.2) is 13.7 Å². The van der Waals surface area contributed by atoms with Gasteiger partial charge in [0, 0.05) is 15.7 Å². The van der Waals surface area contributed by atoms with Gasteiger partial charge in [-0.05, 0) is 31.0 Å². The first kappa shape index (κ1) is 11.8. The topological polar surface area (TPSA) is 34.1 Å². The lowest BCUT2D eigenvalue weighted by atomic mass is 10.1. The fraction of sp³-hybridized carbons (Fsp3) is 0.333. The normalized spacial score (nSPS) is 13.9. The number of rotatable bonds is 3. The smallest absolute Gasteiger partial charge is 0.212 e. The molecule has 0 N–H and O–H groups in total. The summed E-state index contributed by atoms with van der Waals surface area (Å²) in [5.74, 6) is 0. The van der Waals surface area contributed by atoms with Crippen LogP contribution in [0.1, 0.15) is 12.5 Å². The van der Waals surface area contributed by atoms with E-state index in [1.54, 1.807) is 25.1 Å². The molecule has 0 amide bonds. The van der Waals surface area contributed by atoms with Gasteiger partial charge in [-0.25, -0.2) is 8.42 Å². The Bertz CT molecular complexity index is 415. The van der Waals surface area contributed by atoms with Gasteiger partial charge in [-0.15, -0.1) is 0 Å². The summed E-state index contributed by atoms with van der Waals surface area (Å²) in [5.41, 5.74) is 0.870. The lowest BCUT2D eigenvalue weighted by Crippen LogP contribution is -2.14. The molecule has 2 nitrogen and oxygen atoms in total. The van der Waals surface area contributed by atoms with Crippen molar-refractivity contribution in [3.63, 3.8) is 0 Å². The molecule has 1 unspecified atom stereocenters. The van der Waals surface area contributed by atoms with Gasteiger partial charge in [0.2, 0.25) is 9.05 Å². The van der Waals surface area contributed by atoms with Crippen LogP contribution in [0.25, 0.3) is 0 Å². The highest BCUT2D eigenvalue weighted by Gasteiger charge is 2.17. The van der Waals surface area contributed by atoms with Crippen molar-refractivity contribution < 1.29 is 8.42 Å². The van der Waals surface area contributed by atoms with Gasteiger partial charge in [-0.3, -0.25) is 0 Å². The van der Waals surface area contributed by atoms with E-state index in [0.717, 1.165) is 5.56 Å². The molecule has 14 heavy (non-hydrogen) atoms. The maximum Gasteiger partial charge on any atom is 0.235 e. The van der Waals surface area contributed by atoms with E-state index in [2.05, 4.69) is 0 Å². The zero-order chi connectivity index (χ0) is 10.8. The van der Waals surface area contributed by atoms with E-state index >= 15 is 0 Å². The van der Waals surface area contributed by atoms with E-state index in [4.69, 9.17) is 22.3 Å². The molecule has 0 aliphatic heterocycles. The van der Waals surface area contributed by atoms with Gasteiger partial charge in [-0.1, -0.05) is 23.7 Å². The fourth-order valence-corrected chi connectivity index (χ4v) is 1.89. The molecule has 1 aromatic carbocycles. The second kappa shape index (κ2) is 4.51. The highest BCUT2D eigenvalue weighted by Crippen LogP contribution is 2.16. The van der Waals surface area contributed by atoms with Gasteiger partial charge in [0.15, 0.2) is 0 Å². The second-order valence-corrected chi connectivity index (χ2v) is 6.60. The first-order valence-corrected chi connectivity index (χ1v) is 6.82. The zero-order valence-corrected chi connectivity index (χ0v) is 9.90. The van der Waals surface area contributed by atoms with Crippen molar-refractivity contribution in [3.8, 4) is 0 Å². The molecule has 0 bridgehead atoms. The van der Waals surface area contributed by atoms with Gasteiger partial charge in [0.25, 0.3) is 0 Å². The number of hydrogen-bond acceptors (Lipinski definition) is 2. The Kier molecular flexibility index (Phi) is 3.81. The molecule has 1 atom stereocenters. The van der Waals surface area contributed by atoms with Gasteiger partial charge < -0.3 is 0 Å². The van der Waals surface area contributed by atoms with Crippen LogP contribution in [0.5, 0.6) is 0 Å². The van der Waals surface area contributed by atoms with E-state index in [0.29, 0.717) is 11.4 Å². The number of benzene rings is 1. The summed E-state index contributed by atoms with van der Waals surface area (Å²) in [7, 11) is 1.73. The second-order valence-electron chi connectivity index (χ2n) is 3.12. The Balaban J connectivity index is 2.80. The number of hydrogen-bond donors (Lipinski definition) is 0. The molecule has 0 aliphatic rings. The third-order valence-electron chi connectivity index (χ3n) is 1.89. The minimum absolute atomic E-state index is 0.381. The van der Waals surface area contributed by atoms with Crippen molar-refractivity contribution in [1.29, 1.82) is 0 Å². The molecule has 0 heterocycles. The maximum atomic E-state index is 11.0. The van der Waals surface area contributed by atoms with Crippen LogP contribution in [0, 0.1) is 0 Å². The van der Waals surface area contributed by atoms with E-state index in [1.165, 1.54) is 0 Å². The first-order valence-electron chi connectivity index (χ1n) is 4.07. The van der Waals surface area contributed by atoms with E-state index < -0.39 is 14.3 Å². The van der Waals surface area contributed by atoms with Crippen molar-refractivity contribution >= 4 is 31.3 Å². The summed E-state index contributed by atoms with van der Waals surface area (Å²) in [6.45, 7) is 1.57. The van der Waals surface area contributed by atoms with Crippen molar-refractivity contribution in [2.45, 2.75) is 18.6 Å². The first-order chi connectivity index (χ1) is 6.39. The average molecular weight is 253 g/mol. The summed E-state index contributed by atoms with van der Waals surface area (Å²) in [6, 6.07) is 7.08. The average Bonchev–Trinajstić information content (AvgIpc) is 2.02. The largest absolute Gasteiger partial charge is 0.235 e. The molecule has 78 valence electrons. The Labute approximate surface area is 93.3 Å². The highest BCUT2D eigenvalue weighted by molar-refractivity contribution is 8.14. The molecule has 0 radical (unpaired) electrons. The molecule has 0 saturated carbocycles. The third kappa shape index (κ3) is 3.48. The fourth-order valence-electron chi connectivity index (χ4n) is 1.10. The Hall–Kier alpha value is -0.250. The summed E-state index contributed by atoms with van der Waals surface area (Å²) in [6.07, 6.45) is 0.381. The van der Waals surface area contributed by atoms with E-state index in [9.17, 15) is 8.42 Å². The molecule has 0 spiro atoms. The Morgan fingerprint density at radius 1 is 1.43 bits per heavy atom. The molecule has 0 aromatic heterocycles. The standard InChI is InChI=1S/C9H10Cl2O2S/c1-7(14(11,12)13)5-8-3-2-4-9(10)6-8/h2-4,6-7H,5H2,1H3. The van der Waals surface area contributed by atoms with Crippen LogP contribution < -0.4 is 0 Å². The van der Waals surface area contributed by atoms with Crippen LogP contribution in [0.3, 0.4) is 0 Å². The van der Waals surface area contributed by atoms with Crippen molar-refractivity contribution in [2.24, 2.45) is 0 Å². The SMILES string of the molecule is CC(Cc1cccc(Cl)c1)S(=O)(=O)Cl. The molecular weight excluding hydrogens is 243 g/mol. The van der Waals surface area contributed by atoms with Crippen molar-refractivity contribution in [1.82, 2.24) is 0 Å². The summed E-state index contributed by atoms with van der Waals surface area (Å²) in [5, 5.41) is 0.00398. The van der Waals surface area contributed by atoms with Crippen LogP contribution in [-0.2, 0) is 15.5 Å². The lowest BCUT2D eigenvalue weighted by Gasteiger charge is -2.07. The number of halogens is 2. The third-order valence-corrected chi connectivity index (χ3v) is 4.17. The summed E-state index contributed by atoms with van der Waals surface area (Å²) in [4.78, 5) is 0. The Morgan fingerprint density at radius 2 is 2.07 bits per heavy atom. The Morgan fingerprint density at radius 3 is 2.57 bits per heavy atom. The molecular formula is C9H10Cl2O2S. The van der Waals surface area contributed by atoms with E-state index in [1.807, 2.05) is 6.07 Å². The monoisotopic (exact) mass is 252 g/mol. The van der Waals surface area contributed by atoms with Crippen LogP contribution in [0.2, 0.25) is 5.02 Å². The van der Waals surface area contributed by atoms with Gasteiger partial charge >= 0.3 is 0 Å². The minimum Gasteiger partial charge on any atom is -0.212 e.